The van der Waals surface area contributed by atoms with Crippen LogP contribution in [0.5, 0.6) is 0 Å². The topological polar surface area (TPSA) is 170 Å². The minimum Gasteiger partial charge on any atom is -0.468 e. The first-order valence-electron chi connectivity index (χ1n) is 9.43. The number of benzene rings is 1. The fraction of sp³-hybridized carbons (Fsp3) is 0.250. The van der Waals surface area contributed by atoms with E-state index in [1.165, 1.54) is 50.6 Å². The molecule has 176 valence electrons. The zero-order valence-corrected chi connectivity index (χ0v) is 18.6. The Hall–Kier alpha value is -3.84. The number of nitrogens with zero attached hydrogens (tertiary/aromatic N) is 1. The van der Waals surface area contributed by atoms with E-state index in [9.17, 15) is 27.6 Å². The van der Waals surface area contributed by atoms with Gasteiger partial charge in [0.1, 0.15) is 12.2 Å². The molecule has 0 bridgehead atoms. The Morgan fingerprint density at radius 3 is 2.12 bits per heavy atom. The SMILES string of the molecule is COCCNC(=O)c1ccc(S(=O)(=O)NC(=O)c2ccc(C(=O)NCC(=O)OC)nc2)cc1. The number of amides is 3. The van der Waals surface area contributed by atoms with Crippen LogP contribution in [0.1, 0.15) is 31.2 Å². The fourth-order valence-electron chi connectivity index (χ4n) is 2.37. The van der Waals surface area contributed by atoms with Gasteiger partial charge in [0, 0.05) is 25.4 Å². The van der Waals surface area contributed by atoms with E-state index in [1.807, 2.05) is 4.72 Å². The monoisotopic (exact) mass is 478 g/mol. The van der Waals surface area contributed by atoms with Crippen molar-refractivity contribution in [3.05, 3.63) is 59.4 Å². The smallest absolute Gasteiger partial charge is 0.325 e. The van der Waals surface area contributed by atoms with Crippen molar-refractivity contribution in [3.8, 4) is 0 Å². The molecule has 0 aliphatic carbocycles. The Kier molecular flexibility index (Phi) is 9.00. The molecule has 1 aromatic carbocycles. The number of aromatic nitrogens is 1. The molecule has 12 nitrogen and oxygen atoms in total. The molecule has 0 fully saturated rings. The molecule has 0 aliphatic rings. The van der Waals surface area contributed by atoms with Crippen molar-refractivity contribution in [1.82, 2.24) is 20.3 Å². The third-order valence-corrected chi connectivity index (χ3v) is 5.47. The van der Waals surface area contributed by atoms with E-state index in [0.717, 1.165) is 6.20 Å². The number of methoxy groups -OCH3 is 2. The molecule has 13 heteroatoms. The van der Waals surface area contributed by atoms with E-state index in [-0.39, 0.29) is 28.3 Å². The Bertz CT molecular complexity index is 1120. The van der Waals surface area contributed by atoms with Gasteiger partial charge in [0.05, 0.1) is 24.2 Å². The van der Waals surface area contributed by atoms with Gasteiger partial charge in [-0.2, -0.15) is 0 Å². The number of ether oxygens (including phenoxy) is 2. The summed E-state index contributed by atoms with van der Waals surface area (Å²) < 4.78 is 36.1. The highest BCUT2D eigenvalue weighted by Gasteiger charge is 2.20. The number of carbonyl (C=O) groups is 4. The Morgan fingerprint density at radius 2 is 1.55 bits per heavy atom. The normalized spacial score (nSPS) is 10.7. The molecule has 1 heterocycles. The molecule has 33 heavy (non-hydrogen) atoms. The lowest BCUT2D eigenvalue weighted by Crippen LogP contribution is -2.32. The van der Waals surface area contributed by atoms with Crippen molar-refractivity contribution in [1.29, 1.82) is 0 Å². The van der Waals surface area contributed by atoms with Crippen molar-refractivity contribution in [2.75, 3.05) is 33.9 Å². The number of sulfonamides is 1. The maximum Gasteiger partial charge on any atom is 0.325 e. The van der Waals surface area contributed by atoms with Gasteiger partial charge >= 0.3 is 5.97 Å². The zero-order chi connectivity index (χ0) is 24.4. The maximum absolute atomic E-state index is 12.5. The summed E-state index contributed by atoms with van der Waals surface area (Å²) in [5, 5.41) is 4.88. The molecule has 3 N–H and O–H groups in total. The molecule has 3 amide bonds. The van der Waals surface area contributed by atoms with Gasteiger partial charge in [-0.1, -0.05) is 0 Å². The van der Waals surface area contributed by atoms with Crippen LogP contribution in [0.3, 0.4) is 0 Å². The van der Waals surface area contributed by atoms with Crippen LogP contribution in [0.15, 0.2) is 47.5 Å². The van der Waals surface area contributed by atoms with Crippen LogP contribution in [-0.2, 0) is 24.3 Å². The van der Waals surface area contributed by atoms with Crippen LogP contribution < -0.4 is 15.4 Å². The van der Waals surface area contributed by atoms with E-state index >= 15 is 0 Å². The Labute approximate surface area is 189 Å². The third-order valence-electron chi connectivity index (χ3n) is 4.12. The van der Waals surface area contributed by atoms with Crippen molar-refractivity contribution in [2.45, 2.75) is 4.90 Å². The second kappa shape index (κ2) is 11.7. The first-order chi connectivity index (χ1) is 15.7. The van der Waals surface area contributed by atoms with Gasteiger partial charge in [-0.15, -0.1) is 0 Å². The highest BCUT2D eigenvalue weighted by Crippen LogP contribution is 2.12. The number of hydrogen-bond acceptors (Lipinski definition) is 9. The summed E-state index contributed by atoms with van der Waals surface area (Å²) in [4.78, 5) is 50.8. The Morgan fingerprint density at radius 1 is 0.879 bits per heavy atom. The number of rotatable bonds is 10. The number of esters is 1. The van der Waals surface area contributed by atoms with Gasteiger partial charge in [0.2, 0.25) is 0 Å². The molecule has 0 unspecified atom stereocenters. The molecule has 0 spiro atoms. The largest absolute Gasteiger partial charge is 0.468 e. The van der Waals surface area contributed by atoms with Crippen LogP contribution in [0.4, 0.5) is 0 Å². The second-order valence-electron chi connectivity index (χ2n) is 6.40. The molecule has 2 rings (SSSR count). The third kappa shape index (κ3) is 7.36. The summed E-state index contributed by atoms with van der Waals surface area (Å²) in [7, 11) is -1.56. The quantitative estimate of drug-likeness (QED) is 0.300. The molecule has 0 saturated carbocycles. The molecular formula is C20H22N4O8S. The van der Waals surface area contributed by atoms with Crippen LogP contribution in [0.25, 0.3) is 0 Å². The van der Waals surface area contributed by atoms with E-state index in [1.54, 1.807) is 0 Å². The van der Waals surface area contributed by atoms with E-state index in [4.69, 9.17) is 4.74 Å². The van der Waals surface area contributed by atoms with Crippen LogP contribution in [0, 0.1) is 0 Å². The van der Waals surface area contributed by atoms with Gasteiger partial charge in [0.15, 0.2) is 0 Å². The van der Waals surface area contributed by atoms with Gasteiger partial charge in [-0.05, 0) is 36.4 Å². The second-order valence-corrected chi connectivity index (χ2v) is 8.08. The fourth-order valence-corrected chi connectivity index (χ4v) is 3.35. The summed E-state index contributed by atoms with van der Waals surface area (Å²) in [5.74, 6) is -2.69. The molecule has 0 atom stereocenters. The van der Waals surface area contributed by atoms with E-state index < -0.39 is 33.7 Å². The minimum absolute atomic E-state index is 0.0855. The van der Waals surface area contributed by atoms with E-state index in [0.29, 0.717) is 13.2 Å². The van der Waals surface area contributed by atoms with Gasteiger partial charge in [-0.25, -0.2) is 13.1 Å². The predicted molar refractivity (Wildman–Crippen MR) is 114 cm³/mol. The van der Waals surface area contributed by atoms with Gasteiger partial charge in [0.25, 0.3) is 27.7 Å². The molecule has 0 aliphatic heterocycles. The van der Waals surface area contributed by atoms with Crippen LogP contribution in [0.2, 0.25) is 0 Å². The number of nitrogens with one attached hydrogen (secondary N) is 3. The lowest BCUT2D eigenvalue weighted by atomic mass is 10.2. The summed E-state index contributed by atoms with van der Waals surface area (Å²) in [5.41, 5.74) is 0.0385. The van der Waals surface area contributed by atoms with Crippen LogP contribution in [-0.4, -0.2) is 71.0 Å². The molecular weight excluding hydrogens is 456 g/mol. The van der Waals surface area contributed by atoms with Crippen LogP contribution >= 0.6 is 0 Å². The number of carbonyl (C=O) groups excluding carboxylic acids is 4. The average molecular weight is 478 g/mol. The maximum atomic E-state index is 12.5. The number of hydrogen-bond donors (Lipinski definition) is 3. The van der Waals surface area contributed by atoms with E-state index in [2.05, 4.69) is 20.4 Å². The lowest BCUT2D eigenvalue weighted by Gasteiger charge is -2.09. The van der Waals surface area contributed by atoms with Crippen molar-refractivity contribution in [3.63, 3.8) is 0 Å². The van der Waals surface area contributed by atoms with Crippen molar-refractivity contribution in [2.24, 2.45) is 0 Å². The highest BCUT2D eigenvalue weighted by atomic mass is 32.2. The van der Waals surface area contributed by atoms with Gasteiger partial charge in [-0.3, -0.25) is 24.2 Å². The first kappa shape index (κ1) is 25.4. The summed E-state index contributed by atoms with van der Waals surface area (Å²) >= 11 is 0. The molecule has 0 saturated heterocycles. The highest BCUT2D eigenvalue weighted by molar-refractivity contribution is 7.90. The summed E-state index contributed by atoms with van der Waals surface area (Å²) in [6.45, 7) is 0.272. The lowest BCUT2D eigenvalue weighted by molar-refractivity contribution is -0.139. The molecule has 1 aromatic heterocycles. The summed E-state index contributed by atoms with van der Waals surface area (Å²) in [6, 6.07) is 7.40. The van der Waals surface area contributed by atoms with Crippen molar-refractivity contribution >= 4 is 33.7 Å². The molecule has 2 aromatic rings. The predicted octanol–water partition coefficient (Wildman–Crippen LogP) is -0.521. The summed E-state index contributed by atoms with van der Waals surface area (Å²) in [6.07, 6.45) is 1.02. The minimum atomic E-state index is -4.23. The standard InChI is InChI=1S/C20H22N4O8S/c1-31-10-9-21-18(26)13-3-6-15(7-4-13)33(29,30)24-19(27)14-5-8-16(22-11-14)20(28)23-12-17(25)32-2/h3-8,11H,9-10,12H2,1-2H3,(H,21,26)(H,23,28)(H,24,27). The van der Waals surface area contributed by atoms with Crippen molar-refractivity contribution < 1.29 is 37.1 Å². The zero-order valence-electron chi connectivity index (χ0n) is 17.8. The number of pyridine rings is 1. The van der Waals surface area contributed by atoms with Gasteiger partial charge < -0.3 is 20.1 Å². The first-order valence-corrected chi connectivity index (χ1v) is 10.9. The average Bonchev–Trinajstić information content (AvgIpc) is 2.82. The Balaban J connectivity index is 2.01. The molecule has 0 radical (unpaired) electrons.